The van der Waals surface area contributed by atoms with Crippen LogP contribution in [0.2, 0.25) is 0 Å². The molecular weight excluding hydrogens is 274 g/mol. The van der Waals surface area contributed by atoms with Crippen molar-refractivity contribution in [3.63, 3.8) is 0 Å². The third kappa shape index (κ3) is 2.78. The highest BCUT2D eigenvalue weighted by Crippen LogP contribution is 2.47. The Hall–Kier alpha value is -2.10. The SMILES string of the molecule is CCn1nc(C)c(CNC(=O)[C@@H]2C[C@H]2c2ccccc2)c1C. The van der Waals surface area contributed by atoms with Gasteiger partial charge in [0.15, 0.2) is 0 Å². The average Bonchev–Trinajstić information content (AvgIpc) is 3.28. The van der Waals surface area contributed by atoms with E-state index in [-0.39, 0.29) is 11.8 Å². The summed E-state index contributed by atoms with van der Waals surface area (Å²) in [7, 11) is 0. The monoisotopic (exact) mass is 297 g/mol. The molecule has 1 fully saturated rings. The van der Waals surface area contributed by atoms with E-state index in [0.29, 0.717) is 12.5 Å². The molecule has 0 radical (unpaired) electrons. The topological polar surface area (TPSA) is 46.9 Å². The quantitative estimate of drug-likeness (QED) is 0.922. The summed E-state index contributed by atoms with van der Waals surface area (Å²) in [5, 5.41) is 7.58. The molecule has 0 unspecified atom stereocenters. The average molecular weight is 297 g/mol. The van der Waals surface area contributed by atoms with E-state index in [0.717, 1.165) is 29.9 Å². The molecule has 1 saturated carbocycles. The van der Waals surface area contributed by atoms with Gasteiger partial charge in [0.1, 0.15) is 0 Å². The minimum absolute atomic E-state index is 0.129. The lowest BCUT2D eigenvalue weighted by Gasteiger charge is -2.06. The predicted octanol–water partition coefficient (Wildman–Crippen LogP) is 2.94. The summed E-state index contributed by atoms with van der Waals surface area (Å²) in [5.41, 5.74) is 4.58. The maximum atomic E-state index is 12.3. The van der Waals surface area contributed by atoms with E-state index in [1.54, 1.807) is 0 Å². The molecule has 0 spiro atoms. The second-order valence-corrected chi connectivity index (χ2v) is 6.04. The van der Waals surface area contributed by atoms with E-state index in [4.69, 9.17) is 0 Å². The molecule has 3 rings (SSSR count). The fourth-order valence-corrected chi connectivity index (χ4v) is 3.16. The van der Waals surface area contributed by atoms with Crippen molar-refractivity contribution < 1.29 is 4.79 Å². The molecular formula is C18H23N3O. The maximum absolute atomic E-state index is 12.3. The molecule has 1 N–H and O–H groups in total. The van der Waals surface area contributed by atoms with Crippen LogP contribution in [0.5, 0.6) is 0 Å². The van der Waals surface area contributed by atoms with Gasteiger partial charge in [-0.15, -0.1) is 0 Å². The molecule has 1 aliphatic carbocycles. The van der Waals surface area contributed by atoms with E-state index >= 15 is 0 Å². The molecule has 22 heavy (non-hydrogen) atoms. The number of rotatable bonds is 5. The smallest absolute Gasteiger partial charge is 0.224 e. The zero-order chi connectivity index (χ0) is 15.7. The van der Waals surface area contributed by atoms with Gasteiger partial charge in [-0.25, -0.2) is 0 Å². The number of aromatic nitrogens is 2. The van der Waals surface area contributed by atoms with Crippen molar-refractivity contribution in [2.45, 2.75) is 46.2 Å². The van der Waals surface area contributed by atoms with E-state index in [1.807, 2.05) is 29.8 Å². The number of carbonyl (C=O) groups excluding carboxylic acids is 1. The second kappa shape index (κ2) is 5.95. The molecule has 4 nitrogen and oxygen atoms in total. The van der Waals surface area contributed by atoms with Crippen LogP contribution in [0, 0.1) is 19.8 Å². The molecule has 116 valence electrons. The molecule has 1 heterocycles. The van der Waals surface area contributed by atoms with Crippen molar-refractivity contribution in [1.29, 1.82) is 0 Å². The summed E-state index contributed by atoms with van der Waals surface area (Å²) in [6, 6.07) is 10.3. The van der Waals surface area contributed by atoms with Gasteiger partial charge in [0, 0.05) is 30.3 Å². The third-order valence-electron chi connectivity index (χ3n) is 4.63. The molecule has 0 aliphatic heterocycles. The van der Waals surface area contributed by atoms with Gasteiger partial charge in [0.25, 0.3) is 0 Å². The Balaban J connectivity index is 1.59. The van der Waals surface area contributed by atoms with Crippen molar-refractivity contribution in [2.24, 2.45) is 5.92 Å². The van der Waals surface area contributed by atoms with Gasteiger partial charge in [0.05, 0.1) is 5.69 Å². The number of aryl methyl sites for hydroxylation is 2. The van der Waals surface area contributed by atoms with Crippen LogP contribution in [-0.2, 0) is 17.9 Å². The van der Waals surface area contributed by atoms with Crippen LogP contribution in [0.1, 0.15) is 41.8 Å². The normalized spacial score (nSPS) is 20.0. The number of benzene rings is 1. The fraction of sp³-hybridized carbons (Fsp3) is 0.444. The van der Waals surface area contributed by atoms with Gasteiger partial charge in [-0.2, -0.15) is 5.10 Å². The van der Waals surface area contributed by atoms with Crippen LogP contribution in [0.3, 0.4) is 0 Å². The van der Waals surface area contributed by atoms with Crippen LogP contribution in [-0.4, -0.2) is 15.7 Å². The van der Waals surface area contributed by atoms with Gasteiger partial charge < -0.3 is 5.32 Å². The van der Waals surface area contributed by atoms with Gasteiger partial charge in [-0.3, -0.25) is 9.48 Å². The molecule has 2 aromatic rings. The lowest BCUT2D eigenvalue weighted by atomic mass is 10.1. The molecule has 1 amide bonds. The first-order valence-electron chi connectivity index (χ1n) is 7.97. The Morgan fingerprint density at radius 1 is 1.32 bits per heavy atom. The number of amides is 1. The molecule has 1 aliphatic rings. The number of hydrogen-bond donors (Lipinski definition) is 1. The Labute approximate surface area is 131 Å². The lowest BCUT2D eigenvalue weighted by Crippen LogP contribution is -2.25. The van der Waals surface area contributed by atoms with E-state index in [1.165, 1.54) is 5.56 Å². The molecule has 0 saturated heterocycles. The minimum Gasteiger partial charge on any atom is -0.352 e. The minimum atomic E-state index is 0.129. The van der Waals surface area contributed by atoms with E-state index in [9.17, 15) is 4.79 Å². The molecule has 2 atom stereocenters. The van der Waals surface area contributed by atoms with Crippen molar-refractivity contribution in [3.05, 3.63) is 52.8 Å². The predicted molar refractivity (Wildman–Crippen MR) is 86.5 cm³/mol. The summed E-state index contributed by atoms with van der Waals surface area (Å²) in [6.07, 6.45) is 0.960. The lowest BCUT2D eigenvalue weighted by molar-refractivity contribution is -0.122. The summed E-state index contributed by atoms with van der Waals surface area (Å²) >= 11 is 0. The summed E-state index contributed by atoms with van der Waals surface area (Å²) < 4.78 is 1.99. The first-order valence-corrected chi connectivity index (χ1v) is 7.97. The Morgan fingerprint density at radius 2 is 2.05 bits per heavy atom. The van der Waals surface area contributed by atoms with Crippen molar-refractivity contribution in [2.75, 3.05) is 0 Å². The van der Waals surface area contributed by atoms with Crippen LogP contribution in [0.15, 0.2) is 30.3 Å². The van der Waals surface area contributed by atoms with E-state index in [2.05, 4.69) is 36.4 Å². The zero-order valence-corrected chi connectivity index (χ0v) is 13.5. The molecule has 1 aromatic heterocycles. The molecule has 4 heteroatoms. The summed E-state index contributed by atoms with van der Waals surface area (Å²) in [5.74, 6) is 0.683. The summed E-state index contributed by atoms with van der Waals surface area (Å²) in [6.45, 7) is 7.59. The Morgan fingerprint density at radius 3 is 2.68 bits per heavy atom. The van der Waals surface area contributed by atoms with Gasteiger partial charge in [0.2, 0.25) is 5.91 Å². The highest BCUT2D eigenvalue weighted by atomic mass is 16.2. The third-order valence-corrected chi connectivity index (χ3v) is 4.63. The Bertz CT molecular complexity index is 675. The van der Waals surface area contributed by atoms with Crippen molar-refractivity contribution in [3.8, 4) is 0 Å². The zero-order valence-electron chi connectivity index (χ0n) is 13.5. The first kappa shape index (κ1) is 14.8. The number of carbonyl (C=O) groups is 1. The highest BCUT2D eigenvalue weighted by molar-refractivity contribution is 5.82. The van der Waals surface area contributed by atoms with Gasteiger partial charge in [-0.1, -0.05) is 30.3 Å². The van der Waals surface area contributed by atoms with Gasteiger partial charge in [-0.05, 0) is 38.7 Å². The maximum Gasteiger partial charge on any atom is 0.224 e. The van der Waals surface area contributed by atoms with Gasteiger partial charge >= 0.3 is 0 Å². The number of hydrogen-bond acceptors (Lipinski definition) is 2. The number of nitrogens with zero attached hydrogens (tertiary/aromatic N) is 2. The van der Waals surface area contributed by atoms with Crippen LogP contribution in [0.4, 0.5) is 0 Å². The van der Waals surface area contributed by atoms with Crippen LogP contribution >= 0.6 is 0 Å². The van der Waals surface area contributed by atoms with E-state index < -0.39 is 0 Å². The first-order chi connectivity index (χ1) is 10.6. The standard InChI is InChI=1S/C18H23N3O/c1-4-21-13(3)17(12(2)20-21)11-19-18(22)16-10-15(16)14-8-6-5-7-9-14/h5-9,15-16H,4,10-11H2,1-3H3,(H,19,22)/t15-,16+/m0/s1. The fourth-order valence-electron chi connectivity index (χ4n) is 3.16. The second-order valence-electron chi connectivity index (χ2n) is 6.04. The molecule has 1 aromatic carbocycles. The van der Waals surface area contributed by atoms with Crippen LogP contribution in [0.25, 0.3) is 0 Å². The highest BCUT2D eigenvalue weighted by Gasteiger charge is 2.43. The summed E-state index contributed by atoms with van der Waals surface area (Å²) in [4.78, 5) is 12.3. The van der Waals surface area contributed by atoms with Crippen molar-refractivity contribution >= 4 is 5.91 Å². The number of nitrogens with one attached hydrogen (secondary N) is 1. The largest absolute Gasteiger partial charge is 0.352 e. The van der Waals surface area contributed by atoms with Crippen molar-refractivity contribution in [1.82, 2.24) is 15.1 Å². The Kier molecular flexibility index (Phi) is 4.01. The van der Waals surface area contributed by atoms with Crippen LogP contribution < -0.4 is 5.32 Å². The molecule has 0 bridgehead atoms.